The Morgan fingerprint density at radius 1 is 1.21 bits per heavy atom. The molecule has 1 aromatic heterocycles. The molecule has 98 valence electrons. The molecule has 1 aromatic carbocycles. The van der Waals surface area contributed by atoms with Crippen molar-refractivity contribution in [3.05, 3.63) is 51.0 Å². The topological polar surface area (TPSA) is 50.2 Å². The standard InChI is InChI=1S/C12H5Cl3FNO2/c13-6-2-7(10(15)9(14)3-6)5-1-8(12(18)19)11(16)17-4-5/h1-4H,(H,18,19). The molecule has 0 atom stereocenters. The summed E-state index contributed by atoms with van der Waals surface area (Å²) < 4.78 is 13.2. The highest BCUT2D eigenvalue weighted by Gasteiger charge is 2.16. The first kappa shape index (κ1) is 14.1. The number of benzene rings is 1. The van der Waals surface area contributed by atoms with Crippen LogP contribution in [0.5, 0.6) is 0 Å². The molecule has 1 heterocycles. The number of pyridine rings is 1. The van der Waals surface area contributed by atoms with Gasteiger partial charge in [-0.05, 0) is 18.2 Å². The highest BCUT2D eigenvalue weighted by molar-refractivity contribution is 6.45. The Hall–Kier alpha value is -1.36. The van der Waals surface area contributed by atoms with Crippen LogP contribution >= 0.6 is 34.8 Å². The molecule has 0 bridgehead atoms. The minimum absolute atomic E-state index is 0.191. The zero-order valence-electron chi connectivity index (χ0n) is 9.12. The van der Waals surface area contributed by atoms with Gasteiger partial charge >= 0.3 is 5.97 Å². The predicted octanol–water partition coefficient (Wildman–Crippen LogP) is 4.55. The highest BCUT2D eigenvalue weighted by atomic mass is 35.5. The number of hydrogen-bond donors (Lipinski definition) is 1. The maximum Gasteiger partial charge on any atom is 0.340 e. The van der Waals surface area contributed by atoms with E-state index in [1.807, 2.05) is 0 Å². The van der Waals surface area contributed by atoms with E-state index >= 15 is 0 Å². The summed E-state index contributed by atoms with van der Waals surface area (Å²) in [7, 11) is 0. The molecule has 0 saturated heterocycles. The van der Waals surface area contributed by atoms with Crippen molar-refractivity contribution in [3.8, 4) is 11.1 Å². The second-order valence-corrected chi connectivity index (χ2v) is 4.84. The van der Waals surface area contributed by atoms with E-state index in [9.17, 15) is 9.18 Å². The van der Waals surface area contributed by atoms with Gasteiger partial charge in [-0.1, -0.05) is 34.8 Å². The van der Waals surface area contributed by atoms with Crippen molar-refractivity contribution in [2.75, 3.05) is 0 Å². The monoisotopic (exact) mass is 319 g/mol. The second kappa shape index (κ2) is 5.33. The molecule has 0 aliphatic heterocycles. The van der Waals surface area contributed by atoms with Gasteiger partial charge in [-0.3, -0.25) is 0 Å². The van der Waals surface area contributed by atoms with Gasteiger partial charge in [-0.2, -0.15) is 4.39 Å². The van der Waals surface area contributed by atoms with Gasteiger partial charge in [0.15, 0.2) is 0 Å². The van der Waals surface area contributed by atoms with Gasteiger partial charge in [0.1, 0.15) is 5.56 Å². The minimum atomic E-state index is -1.42. The summed E-state index contributed by atoms with van der Waals surface area (Å²) in [6.45, 7) is 0. The van der Waals surface area contributed by atoms with Crippen molar-refractivity contribution in [2.24, 2.45) is 0 Å². The average molecular weight is 321 g/mol. The molecule has 1 N–H and O–H groups in total. The summed E-state index contributed by atoms with van der Waals surface area (Å²) in [5, 5.41) is 9.58. The molecule has 0 aliphatic carbocycles. The first-order valence-corrected chi connectivity index (χ1v) is 6.07. The van der Waals surface area contributed by atoms with E-state index in [1.165, 1.54) is 12.1 Å². The van der Waals surface area contributed by atoms with E-state index < -0.39 is 17.5 Å². The van der Waals surface area contributed by atoms with Crippen LogP contribution in [0.2, 0.25) is 15.1 Å². The Labute approximate surface area is 122 Å². The van der Waals surface area contributed by atoms with Crippen LogP contribution in [0, 0.1) is 5.95 Å². The van der Waals surface area contributed by atoms with Gasteiger partial charge in [0.2, 0.25) is 5.95 Å². The molecular weight excluding hydrogens is 315 g/mol. The highest BCUT2D eigenvalue weighted by Crippen LogP contribution is 2.36. The maximum atomic E-state index is 13.2. The van der Waals surface area contributed by atoms with Gasteiger partial charge in [-0.25, -0.2) is 9.78 Å². The summed E-state index contributed by atoms with van der Waals surface area (Å²) in [5.41, 5.74) is 0.145. The zero-order valence-corrected chi connectivity index (χ0v) is 11.4. The third-order valence-electron chi connectivity index (χ3n) is 2.37. The second-order valence-electron chi connectivity index (χ2n) is 3.62. The Balaban J connectivity index is 2.66. The Morgan fingerprint density at radius 2 is 1.89 bits per heavy atom. The van der Waals surface area contributed by atoms with Crippen LogP contribution in [-0.2, 0) is 0 Å². The Morgan fingerprint density at radius 3 is 2.53 bits per heavy atom. The number of aromatic carboxylic acids is 1. The normalized spacial score (nSPS) is 10.5. The van der Waals surface area contributed by atoms with Crippen molar-refractivity contribution < 1.29 is 14.3 Å². The third kappa shape index (κ3) is 2.81. The number of rotatable bonds is 2. The molecule has 0 unspecified atom stereocenters. The largest absolute Gasteiger partial charge is 0.478 e. The van der Waals surface area contributed by atoms with Crippen molar-refractivity contribution in [1.29, 1.82) is 0 Å². The van der Waals surface area contributed by atoms with Crippen LogP contribution in [0.15, 0.2) is 24.4 Å². The number of halogens is 4. The van der Waals surface area contributed by atoms with E-state index in [0.717, 1.165) is 12.3 Å². The summed E-state index contributed by atoms with van der Waals surface area (Å²) >= 11 is 17.7. The van der Waals surface area contributed by atoms with E-state index in [4.69, 9.17) is 39.9 Å². The van der Waals surface area contributed by atoms with Crippen LogP contribution in [0.1, 0.15) is 10.4 Å². The molecule has 3 nitrogen and oxygen atoms in total. The number of carboxylic acid groups (broad SMARTS) is 1. The molecule has 0 spiro atoms. The molecule has 0 fully saturated rings. The number of nitrogens with zero attached hydrogens (tertiary/aromatic N) is 1. The van der Waals surface area contributed by atoms with Crippen molar-refractivity contribution in [1.82, 2.24) is 4.98 Å². The zero-order chi connectivity index (χ0) is 14.2. The van der Waals surface area contributed by atoms with Crippen LogP contribution in [-0.4, -0.2) is 16.1 Å². The van der Waals surface area contributed by atoms with Gasteiger partial charge in [0.05, 0.1) is 10.0 Å². The van der Waals surface area contributed by atoms with E-state index in [-0.39, 0.29) is 10.0 Å². The molecule has 2 aromatic rings. The summed E-state index contributed by atoms with van der Waals surface area (Å²) in [4.78, 5) is 14.2. The third-order valence-corrected chi connectivity index (χ3v) is 3.39. The van der Waals surface area contributed by atoms with Gasteiger partial charge < -0.3 is 5.11 Å². The number of carboxylic acids is 1. The SMILES string of the molecule is O=C(O)c1cc(-c2cc(Cl)cc(Cl)c2Cl)cnc1F. The number of carbonyl (C=O) groups is 1. The fourth-order valence-corrected chi connectivity index (χ4v) is 2.22. The predicted molar refractivity (Wildman–Crippen MR) is 71.6 cm³/mol. The lowest BCUT2D eigenvalue weighted by Crippen LogP contribution is -2.03. The molecule has 2 rings (SSSR count). The van der Waals surface area contributed by atoms with E-state index in [2.05, 4.69) is 4.98 Å². The van der Waals surface area contributed by atoms with E-state index in [1.54, 1.807) is 0 Å². The molecule has 0 amide bonds. The summed E-state index contributed by atoms with van der Waals surface area (Å²) in [5.74, 6) is -2.49. The van der Waals surface area contributed by atoms with Crippen LogP contribution in [0.25, 0.3) is 11.1 Å². The first-order valence-electron chi connectivity index (χ1n) is 4.94. The van der Waals surface area contributed by atoms with Crippen molar-refractivity contribution in [2.45, 2.75) is 0 Å². The van der Waals surface area contributed by atoms with Crippen molar-refractivity contribution >= 4 is 40.8 Å². The van der Waals surface area contributed by atoms with Gasteiger partial charge in [-0.15, -0.1) is 0 Å². The smallest absolute Gasteiger partial charge is 0.340 e. The summed E-state index contributed by atoms with van der Waals surface area (Å²) in [6, 6.07) is 4.07. The lowest BCUT2D eigenvalue weighted by molar-refractivity contribution is 0.0691. The quantitative estimate of drug-likeness (QED) is 0.652. The molecule has 7 heteroatoms. The summed E-state index contributed by atoms with van der Waals surface area (Å²) in [6.07, 6.45) is 1.16. The van der Waals surface area contributed by atoms with E-state index in [0.29, 0.717) is 16.1 Å². The van der Waals surface area contributed by atoms with Gasteiger partial charge in [0.25, 0.3) is 0 Å². The van der Waals surface area contributed by atoms with Crippen molar-refractivity contribution in [3.63, 3.8) is 0 Å². The lowest BCUT2D eigenvalue weighted by atomic mass is 10.1. The average Bonchev–Trinajstić information content (AvgIpc) is 2.34. The molecule has 0 aliphatic rings. The fourth-order valence-electron chi connectivity index (χ4n) is 1.51. The Bertz CT molecular complexity index is 676. The minimum Gasteiger partial charge on any atom is -0.478 e. The lowest BCUT2D eigenvalue weighted by Gasteiger charge is -2.08. The molecule has 0 radical (unpaired) electrons. The fraction of sp³-hybridized carbons (Fsp3) is 0. The number of hydrogen-bond acceptors (Lipinski definition) is 2. The Kier molecular flexibility index (Phi) is 3.94. The van der Waals surface area contributed by atoms with Crippen LogP contribution in [0.3, 0.4) is 0 Å². The molecule has 0 saturated carbocycles. The van der Waals surface area contributed by atoms with Crippen LogP contribution < -0.4 is 0 Å². The van der Waals surface area contributed by atoms with Gasteiger partial charge in [0, 0.05) is 22.3 Å². The molecular formula is C12H5Cl3FNO2. The number of aromatic nitrogens is 1. The molecule has 19 heavy (non-hydrogen) atoms. The first-order chi connectivity index (χ1) is 8.90. The van der Waals surface area contributed by atoms with Crippen LogP contribution in [0.4, 0.5) is 4.39 Å². The maximum absolute atomic E-state index is 13.2.